The van der Waals surface area contributed by atoms with Gasteiger partial charge in [0.05, 0.1) is 0 Å². The maximum atomic E-state index is 13.0. The van der Waals surface area contributed by atoms with E-state index in [-0.39, 0.29) is 12.1 Å². The number of likely N-dealkylation sites (tertiary alicyclic amines) is 1. The van der Waals surface area contributed by atoms with Crippen molar-refractivity contribution in [2.24, 2.45) is 11.8 Å². The zero-order chi connectivity index (χ0) is 36.9. The summed E-state index contributed by atoms with van der Waals surface area (Å²) in [5, 5.41) is 0. The monoisotopic (exact) mass is 718 g/mol. The molecule has 1 rings (SSSR count). The molecule has 0 amide bonds. The van der Waals surface area contributed by atoms with Crippen LogP contribution < -0.4 is 0 Å². The molecular weight excluding hydrogens is 623 g/mol. The van der Waals surface area contributed by atoms with Crippen molar-refractivity contribution in [3.8, 4) is 0 Å². The predicted octanol–water partition coefficient (Wildman–Crippen LogP) is 16.0. The van der Waals surface area contributed by atoms with E-state index in [1.165, 1.54) is 225 Å². The molecule has 1 fully saturated rings. The minimum absolute atomic E-state index is 0.0689. The summed E-state index contributed by atoms with van der Waals surface area (Å²) in [6.45, 7) is 12.8. The summed E-state index contributed by atoms with van der Waals surface area (Å²) < 4.78 is 6.20. The van der Waals surface area contributed by atoms with E-state index in [4.69, 9.17) is 4.74 Å². The van der Waals surface area contributed by atoms with Crippen LogP contribution in [0.2, 0.25) is 0 Å². The Morgan fingerprint density at radius 2 is 0.765 bits per heavy atom. The highest BCUT2D eigenvalue weighted by molar-refractivity contribution is 5.69. The standard InChI is InChI=1S/C48H95NO2/c1-5-9-33-45(34-10-6-2)37-26-20-15-13-17-22-28-39-47(51-48(50)41-32-44-49-42-30-24-19-25-31-43-49)40-29-23-18-14-16-21-27-38-46(35-11-7-3)36-12-8-4/h45-47H,5-44H2,1-4H3. The maximum absolute atomic E-state index is 13.0. The number of hydrogen-bond acceptors (Lipinski definition) is 3. The van der Waals surface area contributed by atoms with Gasteiger partial charge in [0.15, 0.2) is 0 Å². The van der Waals surface area contributed by atoms with Crippen LogP contribution >= 0.6 is 0 Å². The molecule has 0 spiro atoms. The zero-order valence-electron chi connectivity index (χ0n) is 35.8. The molecule has 3 heteroatoms. The van der Waals surface area contributed by atoms with E-state index >= 15 is 0 Å². The quantitative estimate of drug-likeness (QED) is 0.0473. The Bertz CT molecular complexity index is 647. The average Bonchev–Trinajstić information content (AvgIpc) is 3.12. The Labute approximate surface area is 322 Å². The molecule has 3 nitrogen and oxygen atoms in total. The van der Waals surface area contributed by atoms with Gasteiger partial charge >= 0.3 is 5.97 Å². The number of carbonyl (C=O) groups excluding carboxylic acids is 1. The van der Waals surface area contributed by atoms with Crippen LogP contribution in [0.25, 0.3) is 0 Å². The normalized spacial score (nSPS) is 14.5. The fraction of sp³-hybridized carbons (Fsp3) is 0.979. The van der Waals surface area contributed by atoms with E-state index in [0.717, 1.165) is 37.6 Å². The number of esters is 1. The molecule has 304 valence electrons. The summed E-state index contributed by atoms with van der Waals surface area (Å²) in [6, 6.07) is 0. The lowest BCUT2D eigenvalue weighted by molar-refractivity contribution is -0.150. The van der Waals surface area contributed by atoms with E-state index in [1.54, 1.807) is 0 Å². The molecule has 1 aliphatic heterocycles. The first-order valence-electron chi connectivity index (χ1n) is 24.0. The van der Waals surface area contributed by atoms with Gasteiger partial charge < -0.3 is 9.64 Å². The molecule has 51 heavy (non-hydrogen) atoms. The highest BCUT2D eigenvalue weighted by Crippen LogP contribution is 2.25. The highest BCUT2D eigenvalue weighted by Gasteiger charge is 2.16. The molecule has 0 aliphatic carbocycles. The van der Waals surface area contributed by atoms with Crippen LogP contribution in [0.1, 0.15) is 265 Å². The van der Waals surface area contributed by atoms with E-state index < -0.39 is 0 Å². The van der Waals surface area contributed by atoms with Gasteiger partial charge in [-0.3, -0.25) is 4.79 Å². The van der Waals surface area contributed by atoms with Gasteiger partial charge in [-0.05, 0) is 76.4 Å². The zero-order valence-corrected chi connectivity index (χ0v) is 35.8. The molecule has 0 unspecified atom stereocenters. The second kappa shape index (κ2) is 37.7. The SMILES string of the molecule is CCCCC(CCCC)CCCCCCCCCC(CCCCCCCCCC(CCCC)CCCC)OC(=O)CCCN1CCCCCCC1. The molecule has 0 atom stereocenters. The Hall–Kier alpha value is -0.570. The second-order valence-corrected chi connectivity index (χ2v) is 17.2. The third-order valence-electron chi connectivity index (χ3n) is 12.2. The van der Waals surface area contributed by atoms with Gasteiger partial charge in [0.1, 0.15) is 6.10 Å². The number of unbranched alkanes of at least 4 members (excludes halogenated alkanes) is 16. The summed E-state index contributed by atoms with van der Waals surface area (Å²) >= 11 is 0. The molecule has 1 aliphatic rings. The summed E-state index contributed by atoms with van der Waals surface area (Å²) in [6.07, 6.45) is 49.5. The van der Waals surface area contributed by atoms with Gasteiger partial charge in [0, 0.05) is 6.42 Å². The van der Waals surface area contributed by atoms with Gasteiger partial charge in [0.25, 0.3) is 0 Å². The Morgan fingerprint density at radius 3 is 1.16 bits per heavy atom. The summed E-state index contributed by atoms with van der Waals surface area (Å²) in [5.74, 6) is 2.04. The lowest BCUT2D eigenvalue weighted by atomic mass is 9.90. The van der Waals surface area contributed by atoms with Gasteiger partial charge in [-0.2, -0.15) is 0 Å². The molecule has 0 bridgehead atoms. The lowest BCUT2D eigenvalue weighted by Crippen LogP contribution is -2.29. The minimum Gasteiger partial charge on any atom is -0.462 e. The lowest BCUT2D eigenvalue weighted by Gasteiger charge is -2.24. The molecular formula is C48H95NO2. The van der Waals surface area contributed by atoms with Gasteiger partial charge in [-0.25, -0.2) is 0 Å². The summed E-state index contributed by atoms with van der Waals surface area (Å²) in [4.78, 5) is 15.6. The van der Waals surface area contributed by atoms with Crippen LogP contribution in [0.3, 0.4) is 0 Å². The van der Waals surface area contributed by atoms with Crippen LogP contribution in [0.4, 0.5) is 0 Å². The van der Waals surface area contributed by atoms with Crippen molar-refractivity contribution >= 4 is 5.97 Å². The molecule has 0 saturated carbocycles. The Balaban J connectivity index is 2.32. The third kappa shape index (κ3) is 31.5. The van der Waals surface area contributed by atoms with Crippen LogP contribution in [0.5, 0.6) is 0 Å². The average molecular weight is 718 g/mol. The topological polar surface area (TPSA) is 29.5 Å². The number of nitrogens with zero attached hydrogens (tertiary/aromatic N) is 1. The molecule has 1 saturated heterocycles. The van der Waals surface area contributed by atoms with E-state index in [0.29, 0.717) is 6.42 Å². The van der Waals surface area contributed by atoms with E-state index in [2.05, 4.69) is 32.6 Å². The molecule has 1 heterocycles. The maximum Gasteiger partial charge on any atom is 0.306 e. The van der Waals surface area contributed by atoms with Crippen LogP contribution in [0, 0.1) is 11.8 Å². The minimum atomic E-state index is 0.0689. The first-order chi connectivity index (χ1) is 25.1. The Kier molecular flexibility index (Phi) is 35.8. The van der Waals surface area contributed by atoms with Crippen molar-refractivity contribution in [1.82, 2.24) is 4.90 Å². The third-order valence-corrected chi connectivity index (χ3v) is 12.2. The van der Waals surface area contributed by atoms with E-state index in [9.17, 15) is 4.79 Å². The number of rotatable bonds is 37. The molecule has 0 N–H and O–H groups in total. The van der Waals surface area contributed by atoms with Crippen LogP contribution in [-0.2, 0) is 9.53 Å². The number of ether oxygens (including phenoxy) is 1. The smallest absolute Gasteiger partial charge is 0.306 e. The van der Waals surface area contributed by atoms with Crippen LogP contribution in [-0.4, -0.2) is 36.6 Å². The molecule has 0 aromatic rings. The highest BCUT2D eigenvalue weighted by atomic mass is 16.5. The number of hydrogen-bond donors (Lipinski definition) is 0. The van der Waals surface area contributed by atoms with Crippen LogP contribution in [0.15, 0.2) is 0 Å². The van der Waals surface area contributed by atoms with Crippen molar-refractivity contribution in [2.45, 2.75) is 271 Å². The van der Waals surface area contributed by atoms with Crippen molar-refractivity contribution in [1.29, 1.82) is 0 Å². The first kappa shape index (κ1) is 48.4. The summed E-state index contributed by atoms with van der Waals surface area (Å²) in [5.41, 5.74) is 0. The van der Waals surface area contributed by atoms with Gasteiger partial charge in [-0.1, -0.05) is 214 Å². The predicted molar refractivity (Wildman–Crippen MR) is 227 cm³/mol. The van der Waals surface area contributed by atoms with Crippen molar-refractivity contribution in [3.63, 3.8) is 0 Å². The number of carbonyl (C=O) groups is 1. The van der Waals surface area contributed by atoms with Crippen molar-refractivity contribution in [3.05, 3.63) is 0 Å². The van der Waals surface area contributed by atoms with Crippen molar-refractivity contribution < 1.29 is 9.53 Å². The summed E-state index contributed by atoms with van der Waals surface area (Å²) in [7, 11) is 0. The van der Waals surface area contributed by atoms with Gasteiger partial charge in [-0.15, -0.1) is 0 Å². The van der Waals surface area contributed by atoms with Crippen molar-refractivity contribution in [2.75, 3.05) is 19.6 Å². The fourth-order valence-electron chi connectivity index (χ4n) is 8.71. The largest absolute Gasteiger partial charge is 0.462 e. The molecule has 0 radical (unpaired) electrons. The fourth-order valence-corrected chi connectivity index (χ4v) is 8.71. The molecule has 0 aromatic carbocycles. The first-order valence-corrected chi connectivity index (χ1v) is 24.0. The van der Waals surface area contributed by atoms with E-state index in [1.807, 2.05) is 0 Å². The second-order valence-electron chi connectivity index (χ2n) is 17.2. The Morgan fingerprint density at radius 1 is 0.431 bits per heavy atom. The van der Waals surface area contributed by atoms with Gasteiger partial charge in [0.2, 0.25) is 0 Å². The molecule has 0 aromatic heterocycles.